The van der Waals surface area contributed by atoms with Crippen LogP contribution in [0, 0.1) is 0 Å². The van der Waals surface area contributed by atoms with Crippen LogP contribution in [0.25, 0.3) is 5.57 Å². The fourth-order valence-electron chi connectivity index (χ4n) is 3.82. The first-order valence-corrected chi connectivity index (χ1v) is 9.75. The number of carbonyl (C=O) groups is 1. The molecule has 5 nitrogen and oxygen atoms in total. The van der Waals surface area contributed by atoms with Crippen LogP contribution in [0.2, 0.25) is 0 Å². The number of benzene rings is 2. The first-order valence-electron chi connectivity index (χ1n) is 9.75. The van der Waals surface area contributed by atoms with Gasteiger partial charge in [-0.25, -0.2) is 4.79 Å². The van der Waals surface area contributed by atoms with E-state index in [4.69, 9.17) is 14.2 Å². The molecule has 2 unspecified atom stereocenters. The van der Waals surface area contributed by atoms with E-state index in [1.54, 1.807) is 0 Å². The van der Waals surface area contributed by atoms with Crippen molar-refractivity contribution < 1.29 is 19.0 Å². The van der Waals surface area contributed by atoms with Gasteiger partial charge in [-0.3, -0.25) is 4.90 Å². The summed E-state index contributed by atoms with van der Waals surface area (Å²) in [5.41, 5.74) is 3.39. The SMILES string of the molecule is CCOc1ccc(C2=CC3COCC(C2)N3C(=O)OCc2ccccc2)cc1. The van der Waals surface area contributed by atoms with Gasteiger partial charge < -0.3 is 14.2 Å². The number of morpholine rings is 1. The molecule has 5 heteroatoms. The van der Waals surface area contributed by atoms with Crippen molar-refractivity contribution in [2.45, 2.75) is 32.0 Å². The third kappa shape index (κ3) is 4.04. The molecule has 0 spiro atoms. The molecular weight excluding hydrogens is 354 g/mol. The summed E-state index contributed by atoms with van der Waals surface area (Å²) in [4.78, 5) is 14.6. The predicted octanol–water partition coefficient (Wildman–Crippen LogP) is 4.28. The molecule has 1 amide bonds. The number of ether oxygens (including phenoxy) is 3. The van der Waals surface area contributed by atoms with Gasteiger partial charge in [0.25, 0.3) is 0 Å². The van der Waals surface area contributed by atoms with Gasteiger partial charge in [-0.1, -0.05) is 48.5 Å². The average molecular weight is 379 g/mol. The van der Waals surface area contributed by atoms with Crippen molar-refractivity contribution in [3.05, 3.63) is 71.8 Å². The van der Waals surface area contributed by atoms with Gasteiger partial charge in [0.05, 0.1) is 31.9 Å². The number of hydrogen-bond acceptors (Lipinski definition) is 4. The van der Waals surface area contributed by atoms with Crippen LogP contribution in [0.4, 0.5) is 4.79 Å². The van der Waals surface area contributed by atoms with Crippen LogP contribution >= 0.6 is 0 Å². The summed E-state index contributed by atoms with van der Waals surface area (Å²) < 4.78 is 16.8. The average Bonchev–Trinajstić information content (AvgIpc) is 2.72. The molecule has 4 rings (SSSR count). The number of amides is 1. The lowest BCUT2D eigenvalue weighted by atomic mass is 9.90. The van der Waals surface area contributed by atoms with Gasteiger partial charge in [0.2, 0.25) is 0 Å². The Morgan fingerprint density at radius 3 is 2.61 bits per heavy atom. The summed E-state index contributed by atoms with van der Waals surface area (Å²) in [5, 5.41) is 0. The molecule has 2 heterocycles. The zero-order valence-electron chi connectivity index (χ0n) is 16.0. The summed E-state index contributed by atoms with van der Waals surface area (Å²) in [7, 11) is 0. The first-order chi connectivity index (χ1) is 13.7. The van der Waals surface area contributed by atoms with E-state index in [9.17, 15) is 4.79 Å². The highest BCUT2D eigenvalue weighted by Crippen LogP contribution is 2.33. The fraction of sp³-hybridized carbons (Fsp3) is 0.348. The Labute approximate surface area is 165 Å². The normalized spacial score (nSPS) is 21.0. The van der Waals surface area contributed by atoms with Crippen LogP contribution in [0.15, 0.2) is 60.7 Å². The summed E-state index contributed by atoms with van der Waals surface area (Å²) in [6.45, 7) is 3.95. The Kier molecular flexibility index (Phi) is 5.63. The molecular formula is C23H25NO4. The van der Waals surface area contributed by atoms with Gasteiger partial charge in [0.1, 0.15) is 12.4 Å². The first kappa shape index (κ1) is 18.6. The van der Waals surface area contributed by atoms with Crippen molar-refractivity contribution in [2.24, 2.45) is 0 Å². The second-order valence-corrected chi connectivity index (χ2v) is 7.06. The maximum atomic E-state index is 12.7. The zero-order valence-corrected chi connectivity index (χ0v) is 16.0. The maximum Gasteiger partial charge on any atom is 0.411 e. The lowest BCUT2D eigenvalue weighted by Gasteiger charge is -2.43. The molecule has 2 aliphatic heterocycles. The monoisotopic (exact) mass is 379 g/mol. The summed E-state index contributed by atoms with van der Waals surface area (Å²) in [6.07, 6.45) is 2.61. The smallest absolute Gasteiger partial charge is 0.411 e. The van der Waals surface area contributed by atoms with Gasteiger partial charge in [-0.15, -0.1) is 0 Å². The minimum absolute atomic E-state index is 0.00593. The van der Waals surface area contributed by atoms with E-state index in [-0.39, 0.29) is 24.8 Å². The number of hydrogen-bond donors (Lipinski definition) is 0. The van der Waals surface area contributed by atoms with Gasteiger partial charge in [-0.2, -0.15) is 0 Å². The van der Waals surface area contributed by atoms with E-state index in [0.717, 1.165) is 23.3 Å². The van der Waals surface area contributed by atoms with Crippen molar-refractivity contribution in [1.82, 2.24) is 4.90 Å². The second kappa shape index (κ2) is 8.48. The Bertz CT molecular complexity index is 831. The molecule has 2 bridgehead atoms. The van der Waals surface area contributed by atoms with Crippen LogP contribution in [0.5, 0.6) is 5.75 Å². The molecule has 2 aliphatic rings. The highest BCUT2D eigenvalue weighted by Gasteiger charge is 2.39. The van der Waals surface area contributed by atoms with E-state index in [1.807, 2.05) is 54.3 Å². The lowest BCUT2D eigenvalue weighted by Crippen LogP contribution is -2.56. The fourth-order valence-corrected chi connectivity index (χ4v) is 3.82. The Morgan fingerprint density at radius 2 is 1.89 bits per heavy atom. The third-order valence-corrected chi connectivity index (χ3v) is 5.15. The molecule has 2 aromatic rings. The van der Waals surface area contributed by atoms with Crippen LogP contribution in [0.3, 0.4) is 0 Å². The molecule has 0 aromatic heterocycles. The van der Waals surface area contributed by atoms with E-state index in [2.05, 4.69) is 18.2 Å². The number of rotatable bonds is 5. The third-order valence-electron chi connectivity index (χ3n) is 5.15. The molecule has 146 valence electrons. The van der Waals surface area contributed by atoms with Crippen LogP contribution in [0.1, 0.15) is 24.5 Å². The van der Waals surface area contributed by atoms with Crippen molar-refractivity contribution in [3.8, 4) is 5.75 Å². The van der Waals surface area contributed by atoms with Crippen LogP contribution < -0.4 is 4.74 Å². The molecule has 0 saturated carbocycles. The summed E-state index contributed by atoms with van der Waals surface area (Å²) in [6, 6.07) is 17.8. The van der Waals surface area contributed by atoms with Crippen molar-refractivity contribution in [2.75, 3.05) is 19.8 Å². The van der Waals surface area contributed by atoms with Gasteiger partial charge in [-0.05, 0) is 42.2 Å². The molecule has 28 heavy (non-hydrogen) atoms. The number of fused-ring (bicyclic) bond motifs is 2. The Balaban J connectivity index is 1.47. The largest absolute Gasteiger partial charge is 0.494 e. The number of carbonyl (C=O) groups excluding carboxylic acids is 1. The highest BCUT2D eigenvalue weighted by molar-refractivity contribution is 5.74. The van der Waals surface area contributed by atoms with Crippen LogP contribution in [-0.4, -0.2) is 42.9 Å². The number of nitrogens with zero attached hydrogens (tertiary/aromatic N) is 1. The Morgan fingerprint density at radius 1 is 1.11 bits per heavy atom. The molecule has 0 aliphatic carbocycles. The molecule has 1 fully saturated rings. The topological polar surface area (TPSA) is 48.0 Å². The maximum absolute atomic E-state index is 12.7. The molecule has 2 atom stereocenters. The van der Waals surface area contributed by atoms with Gasteiger partial charge in [0, 0.05) is 0 Å². The second-order valence-electron chi connectivity index (χ2n) is 7.06. The summed E-state index contributed by atoms with van der Waals surface area (Å²) in [5.74, 6) is 0.873. The molecule has 0 radical (unpaired) electrons. The van der Waals surface area contributed by atoms with E-state index in [0.29, 0.717) is 19.8 Å². The van der Waals surface area contributed by atoms with E-state index >= 15 is 0 Å². The van der Waals surface area contributed by atoms with Crippen LogP contribution in [-0.2, 0) is 16.1 Å². The Hall–Kier alpha value is -2.79. The predicted molar refractivity (Wildman–Crippen MR) is 107 cm³/mol. The van der Waals surface area contributed by atoms with Crippen molar-refractivity contribution in [3.63, 3.8) is 0 Å². The molecule has 2 aromatic carbocycles. The lowest BCUT2D eigenvalue weighted by molar-refractivity contribution is -0.0342. The van der Waals surface area contributed by atoms with Gasteiger partial charge >= 0.3 is 6.09 Å². The molecule has 0 N–H and O–H groups in total. The zero-order chi connectivity index (χ0) is 19.3. The van der Waals surface area contributed by atoms with E-state index < -0.39 is 0 Å². The highest BCUT2D eigenvalue weighted by atomic mass is 16.6. The molecule has 1 saturated heterocycles. The van der Waals surface area contributed by atoms with Gasteiger partial charge in [0.15, 0.2) is 0 Å². The minimum atomic E-state index is -0.274. The summed E-state index contributed by atoms with van der Waals surface area (Å²) >= 11 is 0. The van der Waals surface area contributed by atoms with Crippen molar-refractivity contribution >= 4 is 11.7 Å². The van der Waals surface area contributed by atoms with E-state index in [1.165, 1.54) is 5.57 Å². The van der Waals surface area contributed by atoms with Crippen molar-refractivity contribution in [1.29, 1.82) is 0 Å². The minimum Gasteiger partial charge on any atom is -0.494 e. The quantitative estimate of drug-likeness (QED) is 0.778. The standard InChI is InChI=1S/C23H25NO4/c1-2-27-22-10-8-18(9-11-22)19-12-20-15-26-16-21(13-19)24(20)23(25)28-14-17-6-4-3-5-7-17/h3-12,20-21H,2,13-16H2,1H3.